The van der Waals surface area contributed by atoms with Gasteiger partial charge in [-0.3, -0.25) is 14.4 Å². The smallest absolute Gasteiger partial charge is 0.306 e. The molecule has 0 unspecified atom stereocenters. The minimum absolute atomic E-state index is 0.0916. The minimum Gasteiger partial charge on any atom is -0.462 e. The third kappa shape index (κ3) is 47.7. The van der Waals surface area contributed by atoms with Crippen molar-refractivity contribution in [2.45, 2.75) is 245 Å². The minimum atomic E-state index is -0.792. The molecule has 61 heavy (non-hydrogen) atoms. The summed E-state index contributed by atoms with van der Waals surface area (Å²) in [5.74, 6) is -0.941. The van der Waals surface area contributed by atoms with Gasteiger partial charge in [-0.1, -0.05) is 203 Å². The topological polar surface area (TPSA) is 78.9 Å². The number of carbonyl (C=O) groups excluding carboxylic acids is 3. The highest BCUT2D eigenvalue weighted by Crippen LogP contribution is 2.14. The molecule has 0 saturated heterocycles. The molecule has 0 aliphatic rings. The van der Waals surface area contributed by atoms with E-state index in [0.717, 1.165) is 96.3 Å². The van der Waals surface area contributed by atoms with Gasteiger partial charge in [0.1, 0.15) is 13.2 Å². The van der Waals surface area contributed by atoms with Gasteiger partial charge in [0.05, 0.1) is 0 Å². The van der Waals surface area contributed by atoms with Gasteiger partial charge in [0.2, 0.25) is 0 Å². The summed E-state index contributed by atoms with van der Waals surface area (Å²) in [6, 6.07) is 0. The first-order chi connectivity index (χ1) is 30.0. The van der Waals surface area contributed by atoms with Crippen LogP contribution in [0.5, 0.6) is 0 Å². The highest BCUT2D eigenvalue weighted by Gasteiger charge is 2.19. The molecule has 6 heteroatoms. The number of esters is 3. The monoisotopic (exact) mass is 851 g/mol. The second-order valence-corrected chi connectivity index (χ2v) is 16.7. The fourth-order valence-electron chi connectivity index (χ4n) is 6.87. The van der Waals surface area contributed by atoms with Gasteiger partial charge >= 0.3 is 17.9 Å². The Hall–Kier alpha value is -3.15. The van der Waals surface area contributed by atoms with Crippen LogP contribution >= 0.6 is 0 Å². The van der Waals surface area contributed by atoms with Crippen molar-refractivity contribution >= 4 is 17.9 Å². The SMILES string of the molecule is CC/C=C\C/C=C\C/C=C\C/C=C\CCCCC(=O)OC[C@H](COC(=O)CCCCCCCCC/C=C\C/C=C\CCCCC)OC(=O)CCCCCCCCCCCCC. The summed E-state index contributed by atoms with van der Waals surface area (Å²) in [7, 11) is 0. The third-order valence-electron chi connectivity index (χ3n) is 10.7. The van der Waals surface area contributed by atoms with Crippen molar-refractivity contribution in [3.8, 4) is 0 Å². The summed E-state index contributed by atoms with van der Waals surface area (Å²) in [6.45, 7) is 6.45. The highest BCUT2D eigenvalue weighted by atomic mass is 16.6. The van der Waals surface area contributed by atoms with Gasteiger partial charge in [0, 0.05) is 19.3 Å². The molecule has 0 amide bonds. The molecule has 0 fully saturated rings. The van der Waals surface area contributed by atoms with Crippen LogP contribution in [0.4, 0.5) is 0 Å². The van der Waals surface area contributed by atoms with Gasteiger partial charge in [0.25, 0.3) is 0 Å². The maximum atomic E-state index is 12.8. The van der Waals surface area contributed by atoms with Crippen molar-refractivity contribution in [2.24, 2.45) is 0 Å². The van der Waals surface area contributed by atoms with E-state index in [1.807, 2.05) is 0 Å². The molecule has 0 bridgehead atoms. The first-order valence-electron chi connectivity index (χ1n) is 25.4. The molecule has 0 aromatic heterocycles. The fraction of sp³-hybridized carbons (Fsp3) is 0.727. The summed E-state index contributed by atoms with van der Waals surface area (Å²) in [4.78, 5) is 37.9. The van der Waals surface area contributed by atoms with Gasteiger partial charge in [-0.25, -0.2) is 0 Å². The lowest BCUT2D eigenvalue weighted by atomic mass is 10.1. The molecule has 6 nitrogen and oxygen atoms in total. The number of hydrogen-bond acceptors (Lipinski definition) is 6. The first kappa shape index (κ1) is 57.9. The van der Waals surface area contributed by atoms with Gasteiger partial charge in [0.15, 0.2) is 6.10 Å². The summed E-state index contributed by atoms with van der Waals surface area (Å²) in [5.41, 5.74) is 0. The Labute approximate surface area is 376 Å². The molecule has 0 saturated carbocycles. The van der Waals surface area contributed by atoms with Crippen LogP contribution in [0, 0.1) is 0 Å². The normalized spacial score (nSPS) is 12.6. The number of hydrogen-bond donors (Lipinski definition) is 0. The fourth-order valence-corrected chi connectivity index (χ4v) is 6.87. The molecule has 0 N–H and O–H groups in total. The van der Waals surface area contributed by atoms with Crippen LogP contribution < -0.4 is 0 Å². The Morgan fingerprint density at radius 3 is 1.07 bits per heavy atom. The molecule has 0 aliphatic carbocycles. The van der Waals surface area contributed by atoms with Crippen LogP contribution in [0.15, 0.2) is 72.9 Å². The lowest BCUT2D eigenvalue weighted by Crippen LogP contribution is -2.30. The number of rotatable bonds is 45. The van der Waals surface area contributed by atoms with E-state index in [1.54, 1.807) is 0 Å². The molecule has 0 spiro atoms. The molecule has 1 atom stereocenters. The van der Waals surface area contributed by atoms with E-state index in [0.29, 0.717) is 19.3 Å². The summed E-state index contributed by atoms with van der Waals surface area (Å²) in [6.07, 6.45) is 61.7. The average Bonchev–Trinajstić information content (AvgIpc) is 3.26. The van der Waals surface area contributed by atoms with E-state index in [9.17, 15) is 14.4 Å². The molecule has 0 aromatic carbocycles. The van der Waals surface area contributed by atoms with Crippen molar-refractivity contribution < 1.29 is 28.6 Å². The van der Waals surface area contributed by atoms with Crippen LogP contribution in [0.2, 0.25) is 0 Å². The molecular weight excluding hydrogens is 757 g/mol. The van der Waals surface area contributed by atoms with Crippen LogP contribution in [-0.4, -0.2) is 37.2 Å². The Balaban J connectivity index is 4.42. The zero-order valence-corrected chi connectivity index (χ0v) is 39.9. The zero-order chi connectivity index (χ0) is 44.4. The Kier molecular flexibility index (Phi) is 46.9. The standard InChI is InChI=1S/C55H94O6/c1-4-7-10-13-16-19-22-24-26-27-29-31-34-36-39-42-45-48-54(57)60-51-52(61-55(58)49-46-43-40-37-32-21-18-15-12-9-6-3)50-59-53(56)47-44-41-38-35-33-30-28-25-23-20-17-14-11-8-5-2/h8,11,16-17,19-20,24-26,28,33,35,52H,4-7,9-10,12-15,18,21-23,27,29-32,34,36-51H2,1-3H3/b11-8-,19-16-,20-17-,26-24-,28-25-,35-33-/t52-/m1/s1. The lowest BCUT2D eigenvalue weighted by Gasteiger charge is -2.18. The summed E-state index contributed by atoms with van der Waals surface area (Å²) >= 11 is 0. The molecule has 0 radical (unpaired) electrons. The van der Waals surface area contributed by atoms with Gasteiger partial charge in [-0.15, -0.1) is 0 Å². The third-order valence-corrected chi connectivity index (χ3v) is 10.7. The van der Waals surface area contributed by atoms with Crippen molar-refractivity contribution in [1.29, 1.82) is 0 Å². The van der Waals surface area contributed by atoms with Crippen LogP contribution in [0.3, 0.4) is 0 Å². The predicted octanol–water partition coefficient (Wildman–Crippen LogP) is 16.6. The summed E-state index contributed by atoms with van der Waals surface area (Å²) < 4.78 is 16.7. The van der Waals surface area contributed by atoms with Gasteiger partial charge in [-0.05, 0) is 89.9 Å². The lowest BCUT2D eigenvalue weighted by molar-refractivity contribution is -0.167. The Morgan fingerprint density at radius 1 is 0.344 bits per heavy atom. The first-order valence-corrected chi connectivity index (χ1v) is 25.4. The number of unbranched alkanes of at least 4 members (excludes halogenated alkanes) is 22. The molecule has 0 aliphatic heterocycles. The van der Waals surface area contributed by atoms with Crippen molar-refractivity contribution in [2.75, 3.05) is 13.2 Å². The Morgan fingerprint density at radius 2 is 0.639 bits per heavy atom. The van der Waals surface area contributed by atoms with E-state index >= 15 is 0 Å². The van der Waals surface area contributed by atoms with Crippen molar-refractivity contribution in [3.05, 3.63) is 72.9 Å². The zero-order valence-electron chi connectivity index (χ0n) is 39.9. The molecular formula is C55H94O6. The second-order valence-electron chi connectivity index (χ2n) is 16.7. The van der Waals surface area contributed by atoms with Crippen molar-refractivity contribution in [3.63, 3.8) is 0 Å². The van der Waals surface area contributed by atoms with Crippen molar-refractivity contribution in [1.82, 2.24) is 0 Å². The molecule has 0 aromatic rings. The predicted molar refractivity (Wildman–Crippen MR) is 261 cm³/mol. The molecule has 0 rings (SSSR count). The quantitative estimate of drug-likeness (QED) is 0.0263. The van der Waals surface area contributed by atoms with E-state index < -0.39 is 6.10 Å². The van der Waals surface area contributed by atoms with Crippen LogP contribution in [0.1, 0.15) is 239 Å². The average molecular weight is 851 g/mol. The van der Waals surface area contributed by atoms with E-state index in [1.165, 1.54) is 103 Å². The maximum Gasteiger partial charge on any atom is 0.306 e. The molecule has 0 heterocycles. The summed E-state index contributed by atoms with van der Waals surface area (Å²) in [5, 5.41) is 0. The number of ether oxygens (including phenoxy) is 3. The Bertz CT molecular complexity index is 1160. The van der Waals surface area contributed by atoms with E-state index in [4.69, 9.17) is 14.2 Å². The number of allylic oxidation sites excluding steroid dienone is 12. The number of carbonyl (C=O) groups is 3. The van der Waals surface area contributed by atoms with E-state index in [2.05, 4.69) is 93.7 Å². The van der Waals surface area contributed by atoms with E-state index in [-0.39, 0.29) is 31.1 Å². The van der Waals surface area contributed by atoms with Gasteiger partial charge in [-0.2, -0.15) is 0 Å². The van der Waals surface area contributed by atoms with Crippen LogP contribution in [0.25, 0.3) is 0 Å². The highest BCUT2D eigenvalue weighted by molar-refractivity contribution is 5.71. The maximum absolute atomic E-state index is 12.8. The van der Waals surface area contributed by atoms with Crippen LogP contribution in [-0.2, 0) is 28.6 Å². The second kappa shape index (κ2) is 49.5. The molecule has 350 valence electrons. The largest absolute Gasteiger partial charge is 0.462 e. The van der Waals surface area contributed by atoms with Gasteiger partial charge < -0.3 is 14.2 Å².